The van der Waals surface area contributed by atoms with Gasteiger partial charge in [0.05, 0.1) is 0 Å². The molecule has 0 saturated carbocycles. The molecule has 0 aliphatic rings. The summed E-state index contributed by atoms with van der Waals surface area (Å²) in [6.45, 7) is 25.2. The molecule has 0 bridgehead atoms. The number of unbranched alkanes of at least 4 members (excludes halogenated alkanes) is 1. The topological polar surface area (TPSA) is 43.1 Å². The number of amides is 1. The summed E-state index contributed by atoms with van der Waals surface area (Å²) in [5, 5.41) is 0. The van der Waals surface area contributed by atoms with Crippen LogP contribution in [0.3, 0.4) is 0 Å². The van der Waals surface area contributed by atoms with E-state index in [0.717, 1.165) is 30.4 Å². The first-order valence-electron chi connectivity index (χ1n) is 6.17. The minimum atomic E-state index is -0.616. The Kier molecular flexibility index (Phi) is 6.56. The van der Waals surface area contributed by atoms with Crippen molar-refractivity contribution in [3.8, 4) is 0 Å². The first kappa shape index (κ1) is 16.9. The van der Waals surface area contributed by atoms with E-state index < -0.39 is 5.91 Å². The second-order valence-corrected chi connectivity index (χ2v) is 4.46. The summed E-state index contributed by atoms with van der Waals surface area (Å²) < 4.78 is 0. The molecule has 0 aliphatic carbocycles. The third-order valence-corrected chi connectivity index (χ3v) is 3.01. The predicted molar refractivity (Wildman–Crippen MR) is 83.6 cm³/mol. The van der Waals surface area contributed by atoms with Crippen LogP contribution in [0.25, 0.3) is 0 Å². The zero-order chi connectivity index (χ0) is 15.2. The predicted octanol–water partition coefficient (Wildman–Crippen LogP) is 4.00. The van der Waals surface area contributed by atoms with E-state index in [1.165, 1.54) is 0 Å². The van der Waals surface area contributed by atoms with Crippen molar-refractivity contribution in [2.24, 2.45) is 5.73 Å². The molecule has 0 radical (unpaired) electrons. The van der Waals surface area contributed by atoms with Gasteiger partial charge in [-0.05, 0) is 40.7 Å². The summed E-state index contributed by atoms with van der Waals surface area (Å²) in [7, 11) is 0. The molecule has 0 aromatic carbocycles. The van der Waals surface area contributed by atoms with E-state index in [1.54, 1.807) is 0 Å². The molecule has 0 unspecified atom stereocenters. The van der Waals surface area contributed by atoms with Gasteiger partial charge in [0.15, 0.2) is 0 Å². The van der Waals surface area contributed by atoms with Crippen molar-refractivity contribution >= 4 is 5.91 Å². The second-order valence-electron chi connectivity index (χ2n) is 4.46. The Hall–Kier alpha value is -2.09. The highest BCUT2D eigenvalue weighted by Crippen LogP contribution is 2.29. The average Bonchev–Trinajstić information content (AvgIpc) is 2.40. The Morgan fingerprint density at radius 3 is 1.68 bits per heavy atom. The number of allylic oxidation sites excluding steroid dienone is 4. The fourth-order valence-corrected chi connectivity index (χ4v) is 1.45. The smallest absolute Gasteiger partial charge is 0.248 e. The molecule has 102 valence electrons. The molecule has 2 nitrogen and oxygen atoms in total. The SMILES string of the molecule is C=C(CCCC)C(=C)C(=C)C(=C)C(=C)C(=C)C(N)=O. The van der Waals surface area contributed by atoms with Crippen molar-refractivity contribution in [2.45, 2.75) is 26.2 Å². The van der Waals surface area contributed by atoms with Crippen molar-refractivity contribution in [3.05, 3.63) is 72.9 Å². The Morgan fingerprint density at radius 2 is 1.26 bits per heavy atom. The summed E-state index contributed by atoms with van der Waals surface area (Å²) in [4.78, 5) is 11.1. The Morgan fingerprint density at radius 1 is 0.842 bits per heavy atom. The highest BCUT2D eigenvalue weighted by atomic mass is 16.1. The van der Waals surface area contributed by atoms with E-state index in [4.69, 9.17) is 5.73 Å². The van der Waals surface area contributed by atoms with Crippen molar-refractivity contribution in [1.29, 1.82) is 0 Å². The van der Waals surface area contributed by atoms with Crippen molar-refractivity contribution < 1.29 is 4.79 Å². The van der Waals surface area contributed by atoms with Crippen LogP contribution in [0.5, 0.6) is 0 Å². The molecule has 0 heterocycles. The molecular formula is C17H23NO. The minimum Gasteiger partial charge on any atom is -0.366 e. The van der Waals surface area contributed by atoms with E-state index in [2.05, 4.69) is 46.4 Å². The fraction of sp³-hybridized carbons (Fsp3) is 0.235. The summed E-state index contributed by atoms with van der Waals surface area (Å²) in [6, 6.07) is 0. The van der Waals surface area contributed by atoms with Crippen LogP contribution in [0.1, 0.15) is 26.2 Å². The Balaban J connectivity index is 4.84. The molecule has 0 saturated heterocycles. The van der Waals surface area contributed by atoms with Gasteiger partial charge in [0.25, 0.3) is 0 Å². The number of carbonyl (C=O) groups excluding carboxylic acids is 1. The van der Waals surface area contributed by atoms with Gasteiger partial charge in [0.1, 0.15) is 0 Å². The van der Waals surface area contributed by atoms with Crippen LogP contribution in [-0.2, 0) is 4.79 Å². The molecule has 1 amide bonds. The van der Waals surface area contributed by atoms with Gasteiger partial charge in [-0.2, -0.15) is 0 Å². The van der Waals surface area contributed by atoms with Crippen molar-refractivity contribution in [2.75, 3.05) is 0 Å². The quantitative estimate of drug-likeness (QED) is 0.492. The maximum Gasteiger partial charge on any atom is 0.248 e. The highest BCUT2D eigenvalue weighted by molar-refractivity contribution is 5.97. The van der Waals surface area contributed by atoms with Gasteiger partial charge in [-0.15, -0.1) is 0 Å². The third-order valence-electron chi connectivity index (χ3n) is 3.01. The zero-order valence-electron chi connectivity index (χ0n) is 11.8. The molecule has 19 heavy (non-hydrogen) atoms. The molecule has 0 aromatic heterocycles. The normalized spacial score (nSPS) is 9.53. The summed E-state index contributed by atoms with van der Waals surface area (Å²) in [5.41, 5.74) is 8.49. The lowest BCUT2D eigenvalue weighted by molar-refractivity contribution is -0.114. The van der Waals surface area contributed by atoms with Crippen molar-refractivity contribution in [1.82, 2.24) is 0 Å². The minimum absolute atomic E-state index is 0.137. The lowest BCUT2D eigenvalue weighted by Crippen LogP contribution is -2.15. The fourth-order valence-electron chi connectivity index (χ4n) is 1.45. The summed E-state index contributed by atoms with van der Waals surface area (Å²) in [5.74, 6) is -0.616. The second kappa shape index (κ2) is 7.37. The van der Waals surface area contributed by atoms with Gasteiger partial charge in [0, 0.05) is 5.57 Å². The van der Waals surface area contributed by atoms with Gasteiger partial charge in [-0.1, -0.05) is 52.8 Å². The van der Waals surface area contributed by atoms with Gasteiger partial charge < -0.3 is 5.73 Å². The van der Waals surface area contributed by atoms with E-state index in [-0.39, 0.29) is 5.57 Å². The first-order valence-corrected chi connectivity index (χ1v) is 6.17. The number of hydrogen-bond donors (Lipinski definition) is 1. The summed E-state index contributed by atoms with van der Waals surface area (Å²) >= 11 is 0. The number of carbonyl (C=O) groups is 1. The van der Waals surface area contributed by atoms with E-state index >= 15 is 0 Å². The van der Waals surface area contributed by atoms with E-state index in [1.807, 2.05) is 0 Å². The molecule has 0 spiro atoms. The van der Waals surface area contributed by atoms with Gasteiger partial charge in [-0.25, -0.2) is 0 Å². The lowest BCUT2D eigenvalue weighted by Gasteiger charge is -2.16. The van der Waals surface area contributed by atoms with Gasteiger partial charge in [-0.3, -0.25) is 4.79 Å². The van der Waals surface area contributed by atoms with E-state index in [9.17, 15) is 4.79 Å². The Labute approximate surface area is 116 Å². The Bertz CT molecular complexity index is 477. The highest BCUT2D eigenvalue weighted by Gasteiger charge is 2.14. The standard InChI is InChI=1S/C17H23NO/c1-8-9-10-11(2)12(3)13(4)14(5)15(6)16(7)17(18)19/h2-10H2,1H3,(H2,18,19). The van der Waals surface area contributed by atoms with Crippen LogP contribution >= 0.6 is 0 Å². The number of hydrogen-bond acceptors (Lipinski definition) is 1. The number of primary amides is 1. The van der Waals surface area contributed by atoms with Crippen molar-refractivity contribution in [3.63, 3.8) is 0 Å². The average molecular weight is 257 g/mol. The molecule has 0 aliphatic heterocycles. The molecule has 0 rings (SSSR count). The third kappa shape index (κ3) is 4.59. The molecule has 0 fully saturated rings. The largest absolute Gasteiger partial charge is 0.366 e. The number of nitrogens with two attached hydrogens (primary N) is 1. The van der Waals surface area contributed by atoms with Crippen LogP contribution in [-0.4, -0.2) is 5.91 Å². The van der Waals surface area contributed by atoms with Crippen LogP contribution in [0.2, 0.25) is 0 Å². The lowest BCUT2D eigenvalue weighted by atomic mass is 9.88. The van der Waals surface area contributed by atoms with Gasteiger partial charge in [0.2, 0.25) is 5.91 Å². The maximum absolute atomic E-state index is 11.1. The molecule has 2 N–H and O–H groups in total. The van der Waals surface area contributed by atoms with Crippen LogP contribution < -0.4 is 5.73 Å². The monoisotopic (exact) mass is 257 g/mol. The van der Waals surface area contributed by atoms with Gasteiger partial charge >= 0.3 is 0 Å². The molecule has 0 atom stereocenters. The zero-order valence-corrected chi connectivity index (χ0v) is 11.8. The molecular weight excluding hydrogens is 234 g/mol. The molecule has 0 aromatic rings. The van der Waals surface area contributed by atoms with Crippen LogP contribution in [0.15, 0.2) is 72.9 Å². The first-order chi connectivity index (χ1) is 8.73. The van der Waals surface area contributed by atoms with E-state index in [0.29, 0.717) is 16.7 Å². The van der Waals surface area contributed by atoms with Crippen LogP contribution in [0.4, 0.5) is 0 Å². The summed E-state index contributed by atoms with van der Waals surface area (Å²) in [6.07, 6.45) is 3.00. The molecule has 2 heteroatoms. The van der Waals surface area contributed by atoms with Crippen LogP contribution in [0, 0.1) is 0 Å². The number of rotatable bonds is 9. The maximum atomic E-state index is 11.1.